The van der Waals surface area contributed by atoms with Crippen LogP contribution in [0.4, 0.5) is 0 Å². The summed E-state index contributed by atoms with van der Waals surface area (Å²) >= 11 is 0. The van der Waals surface area contributed by atoms with Gasteiger partial charge in [-0.25, -0.2) is 0 Å². The molecule has 0 saturated carbocycles. The number of benzene rings is 1. The van der Waals surface area contributed by atoms with E-state index in [4.69, 9.17) is 19.9 Å². The Morgan fingerprint density at radius 1 is 1.33 bits per heavy atom. The highest BCUT2D eigenvalue weighted by molar-refractivity contribution is 5.90. The van der Waals surface area contributed by atoms with Crippen molar-refractivity contribution in [3.05, 3.63) is 41.7 Å². The maximum absolute atomic E-state index is 11.6. The Labute approximate surface area is 142 Å². The van der Waals surface area contributed by atoms with Crippen molar-refractivity contribution in [2.75, 3.05) is 20.3 Å². The minimum Gasteiger partial charge on any atom is -0.497 e. The van der Waals surface area contributed by atoms with Gasteiger partial charge in [0.25, 0.3) is 5.91 Å². The van der Waals surface area contributed by atoms with Gasteiger partial charge in [-0.3, -0.25) is 4.79 Å². The van der Waals surface area contributed by atoms with Crippen molar-refractivity contribution >= 4 is 5.91 Å². The van der Waals surface area contributed by atoms with Crippen molar-refractivity contribution in [3.63, 3.8) is 0 Å². The van der Waals surface area contributed by atoms with Gasteiger partial charge >= 0.3 is 0 Å². The molecule has 3 atom stereocenters. The Bertz CT molecular complexity index is 569. The maximum Gasteiger partial charge on any atom is 0.283 e. The van der Waals surface area contributed by atoms with Gasteiger partial charge < -0.3 is 25.1 Å². The number of aliphatic hydroxyl groups is 1. The molecule has 0 fully saturated rings. The Morgan fingerprint density at radius 2 is 2.04 bits per heavy atom. The molecule has 0 aliphatic carbocycles. The van der Waals surface area contributed by atoms with E-state index in [2.05, 4.69) is 0 Å². The number of methoxy groups -OCH3 is 1. The summed E-state index contributed by atoms with van der Waals surface area (Å²) in [7, 11) is 1.61. The third kappa shape index (κ3) is 4.27. The van der Waals surface area contributed by atoms with E-state index in [0.29, 0.717) is 19.4 Å². The molecule has 0 aromatic heterocycles. The molecule has 2 rings (SSSR count). The summed E-state index contributed by atoms with van der Waals surface area (Å²) < 4.78 is 16.5. The Morgan fingerprint density at radius 3 is 2.58 bits per heavy atom. The summed E-state index contributed by atoms with van der Waals surface area (Å²) in [4.78, 5) is 11.6. The molecule has 0 spiro atoms. The molecule has 6 nitrogen and oxygen atoms in total. The Balaban J connectivity index is 2.37. The van der Waals surface area contributed by atoms with Gasteiger partial charge in [-0.15, -0.1) is 0 Å². The zero-order chi connectivity index (χ0) is 17.5. The molecular formula is C18H25NO5. The highest BCUT2D eigenvalue weighted by Gasteiger charge is 2.37. The SMILES string of the molecule is CCO[C@H]1OC(C(N)=O)=C[C@@H](c2ccc(OC)cc2)[C@H]1CCCO. The minimum absolute atomic E-state index is 0.0198. The van der Waals surface area contributed by atoms with E-state index in [9.17, 15) is 9.90 Å². The molecule has 1 amide bonds. The summed E-state index contributed by atoms with van der Waals surface area (Å²) in [6.45, 7) is 2.43. The lowest BCUT2D eigenvalue weighted by Crippen LogP contribution is -2.37. The molecule has 1 aliphatic rings. The van der Waals surface area contributed by atoms with E-state index in [1.54, 1.807) is 13.2 Å². The average Bonchev–Trinajstić information content (AvgIpc) is 2.60. The normalized spacial score (nSPS) is 23.3. The zero-order valence-electron chi connectivity index (χ0n) is 14.1. The molecule has 0 unspecified atom stereocenters. The highest BCUT2D eigenvalue weighted by atomic mass is 16.7. The summed E-state index contributed by atoms with van der Waals surface area (Å²) in [6, 6.07) is 7.67. The van der Waals surface area contributed by atoms with E-state index >= 15 is 0 Å². The first-order valence-corrected chi connectivity index (χ1v) is 8.15. The van der Waals surface area contributed by atoms with Crippen molar-refractivity contribution < 1.29 is 24.1 Å². The second kappa shape index (κ2) is 8.70. The number of carbonyl (C=O) groups is 1. The molecular weight excluding hydrogens is 310 g/mol. The minimum atomic E-state index is -0.612. The van der Waals surface area contributed by atoms with Crippen LogP contribution in [0, 0.1) is 5.92 Å². The Kier molecular flexibility index (Phi) is 6.63. The van der Waals surface area contributed by atoms with Gasteiger partial charge in [0.15, 0.2) is 5.76 Å². The van der Waals surface area contributed by atoms with Gasteiger partial charge in [-0.1, -0.05) is 12.1 Å². The summed E-state index contributed by atoms with van der Waals surface area (Å²) in [5, 5.41) is 9.19. The average molecular weight is 335 g/mol. The summed E-state index contributed by atoms with van der Waals surface area (Å²) in [5.74, 6) is 0.162. The van der Waals surface area contributed by atoms with Crippen LogP contribution in [0.5, 0.6) is 5.75 Å². The number of allylic oxidation sites excluding steroid dienone is 1. The van der Waals surface area contributed by atoms with Gasteiger partial charge in [0.2, 0.25) is 6.29 Å². The number of carbonyl (C=O) groups excluding carboxylic acids is 1. The topological polar surface area (TPSA) is 91.0 Å². The van der Waals surface area contributed by atoms with Gasteiger partial charge in [0, 0.05) is 25.0 Å². The van der Waals surface area contributed by atoms with Crippen LogP contribution in [0.2, 0.25) is 0 Å². The largest absolute Gasteiger partial charge is 0.497 e. The van der Waals surface area contributed by atoms with Crippen LogP contribution in [0.25, 0.3) is 0 Å². The predicted molar refractivity (Wildman–Crippen MR) is 89.3 cm³/mol. The number of hydrogen-bond donors (Lipinski definition) is 2. The standard InChI is InChI=1S/C18H25NO5/c1-3-23-18-14(5-4-10-20)15(11-16(24-18)17(19)21)12-6-8-13(22-2)9-7-12/h6-9,11,14-15,18,20H,3-5,10H2,1-2H3,(H2,19,21)/t14-,15+,18+/m1/s1. The predicted octanol–water partition coefficient (Wildman–Crippen LogP) is 1.93. The van der Waals surface area contributed by atoms with Crippen molar-refractivity contribution in [2.45, 2.75) is 32.0 Å². The van der Waals surface area contributed by atoms with Gasteiger partial charge in [-0.2, -0.15) is 0 Å². The Hall–Kier alpha value is -2.05. The molecule has 132 valence electrons. The van der Waals surface area contributed by atoms with Crippen LogP contribution >= 0.6 is 0 Å². The fraction of sp³-hybridized carbons (Fsp3) is 0.500. The van der Waals surface area contributed by atoms with Crippen LogP contribution in [-0.4, -0.2) is 37.6 Å². The molecule has 1 aromatic carbocycles. The van der Waals surface area contributed by atoms with E-state index in [-0.39, 0.29) is 24.2 Å². The molecule has 0 saturated heterocycles. The molecule has 24 heavy (non-hydrogen) atoms. The van der Waals surface area contributed by atoms with Gasteiger partial charge in [0.05, 0.1) is 7.11 Å². The number of ether oxygens (including phenoxy) is 3. The van der Waals surface area contributed by atoms with E-state index in [1.807, 2.05) is 31.2 Å². The van der Waals surface area contributed by atoms with E-state index in [0.717, 1.165) is 11.3 Å². The lowest BCUT2D eigenvalue weighted by molar-refractivity contribution is -0.165. The quantitative estimate of drug-likeness (QED) is 0.757. The van der Waals surface area contributed by atoms with Gasteiger partial charge in [0.1, 0.15) is 5.75 Å². The molecule has 0 bridgehead atoms. The first-order valence-electron chi connectivity index (χ1n) is 8.15. The van der Waals surface area contributed by atoms with Crippen molar-refractivity contribution in [1.82, 2.24) is 0 Å². The van der Waals surface area contributed by atoms with Crippen LogP contribution in [-0.2, 0) is 14.3 Å². The van der Waals surface area contributed by atoms with Crippen molar-refractivity contribution in [3.8, 4) is 5.75 Å². The lowest BCUT2D eigenvalue weighted by Gasteiger charge is -2.36. The van der Waals surface area contributed by atoms with Crippen molar-refractivity contribution in [1.29, 1.82) is 0 Å². The van der Waals surface area contributed by atoms with Crippen LogP contribution in [0.1, 0.15) is 31.2 Å². The molecule has 6 heteroatoms. The summed E-state index contributed by atoms with van der Waals surface area (Å²) in [6.07, 6.45) is 2.52. The smallest absolute Gasteiger partial charge is 0.283 e. The number of nitrogens with two attached hydrogens (primary N) is 1. The number of primary amides is 1. The molecule has 1 aliphatic heterocycles. The third-order valence-electron chi connectivity index (χ3n) is 4.15. The number of hydrogen-bond acceptors (Lipinski definition) is 5. The zero-order valence-corrected chi connectivity index (χ0v) is 14.1. The molecule has 3 N–H and O–H groups in total. The van der Waals surface area contributed by atoms with E-state index in [1.165, 1.54) is 0 Å². The monoisotopic (exact) mass is 335 g/mol. The molecule has 1 heterocycles. The fourth-order valence-corrected chi connectivity index (χ4v) is 2.98. The molecule has 1 aromatic rings. The van der Waals surface area contributed by atoms with Crippen LogP contribution in [0.15, 0.2) is 36.1 Å². The van der Waals surface area contributed by atoms with Crippen LogP contribution in [0.3, 0.4) is 0 Å². The second-order valence-electron chi connectivity index (χ2n) is 5.67. The summed E-state index contributed by atoms with van der Waals surface area (Å²) in [5.41, 5.74) is 6.43. The highest BCUT2D eigenvalue weighted by Crippen LogP contribution is 2.39. The number of amides is 1. The number of aliphatic hydroxyl groups excluding tert-OH is 1. The molecule has 0 radical (unpaired) electrons. The number of rotatable bonds is 8. The fourth-order valence-electron chi connectivity index (χ4n) is 2.98. The van der Waals surface area contributed by atoms with Gasteiger partial charge in [-0.05, 0) is 43.5 Å². The second-order valence-corrected chi connectivity index (χ2v) is 5.67. The van der Waals surface area contributed by atoms with E-state index < -0.39 is 12.2 Å². The first-order chi connectivity index (χ1) is 11.6. The first kappa shape index (κ1) is 18.3. The lowest BCUT2D eigenvalue weighted by atomic mass is 9.80. The maximum atomic E-state index is 11.6. The third-order valence-corrected chi connectivity index (χ3v) is 4.15. The van der Waals surface area contributed by atoms with Crippen LogP contribution < -0.4 is 10.5 Å². The van der Waals surface area contributed by atoms with Crippen molar-refractivity contribution in [2.24, 2.45) is 11.7 Å².